The van der Waals surface area contributed by atoms with Gasteiger partial charge in [0.1, 0.15) is 0 Å². The first-order valence-corrected chi connectivity index (χ1v) is 7.29. The van der Waals surface area contributed by atoms with E-state index in [2.05, 4.69) is 55.8 Å². The van der Waals surface area contributed by atoms with Crippen molar-refractivity contribution < 1.29 is 4.79 Å². The molecule has 0 heterocycles. The van der Waals surface area contributed by atoms with E-state index in [1.807, 2.05) is 18.0 Å². The number of hydrogen-bond donors (Lipinski definition) is 0. The minimum atomic E-state index is -0.156. The molecule has 0 atom stereocenters. The van der Waals surface area contributed by atoms with E-state index in [0.29, 0.717) is 6.42 Å². The SMILES string of the molecule is Cc1ccc(CC(=O)N(C)C(C)(C)CBr)cc1C. The minimum absolute atomic E-state index is 0.155. The van der Waals surface area contributed by atoms with E-state index >= 15 is 0 Å². The van der Waals surface area contributed by atoms with Crippen LogP contribution in [0.2, 0.25) is 0 Å². The zero-order valence-electron chi connectivity index (χ0n) is 11.9. The number of hydrogen-bond acceptors (Lipinski definition) is 1. The van der Waals surface area contributed by atoms with Crippen molar-refractivity contribution in [2.24, 2.45) is 0 Å². The van der Waals surface area contributed by atoms with Crippen LogP contribution >= 0.6 is 15.9 Å². The largest absolute Gasteiger partial charge is 0.340 e. The van der Waals surface area contributed by atoms with E-state index in [9.17, 15) is 4.79 Å². The second-order valence-electron chi connectivity index (χ2n) is 5.49. The lowest BCUT2D eigenvalue weighted by molar-refractivity contribution is -0.133. The summed E-state index contributed by atoms with van der Waals surface area (Å²) >= 11 is 3.45. The third-order valence-electron chi connectivity index (χ3n) is 3.54. The maximum absolute atomic E-state index is 12.2. The maximum atomic E-state index is 12.2. The fraction of sp³-hybridized carbons (Fsp3) is 0.533. The summed E-state index contributed by atoms with van der Waals surface area (Å²) in [7, 11) is 1.87. The van der Waals surface area contributed by atoms with Gasteiger partial charge in [0, 0.05) is 17.9 Å². The van der Waals surface area contributed by atoms with E-state index in [1.54, 1.807) is 0 Å². The molecule has 0 radical (unpaired) electrons. The summed E-state index contributed by atoms with van der Waals surface area (Å²) in [4.78, 5) is 14.0. The number of halogens is 1. The Kier molecular flexibility index (Phi) is 4.97. The second-order valence-corrected chi connectivity index (χ2v) is 6.05. The van der Waals surface area contributed by atoms with Gasteiger partial charge in [-0.3, -0.25) is 4.79 Å². The van der Waals surface area contributed by atoms with Crippen LogP contribution in [0, 0.1) is 13.8 Å². The van der Waals surface area contributed by atoms with Crippen molar-refractivity contribution in [1.82, 2.24) is 4.90 Å². The van der Waals surface area contributed by atoms with Crippen LogP contribution in [-0.2, 0) is 11.2 Å². The first-order valence-electron chi connectivity index (χ1n) is 6.16. The Hall–Kier alpha value is -0.830. The highest BCUT2D eigenvalue weighted by molar-refractivity contribution is 9.09. The number of aryl methyl sites for hydroxylation is 2. The number of rotatable bonds is 4. The van der Waals surface area contributed by atoms with Crippen LogP contribution in [0.3, 0.4) is 0 Å². The lowest BCUT2D eigenvalue weighted by Gasteiger charge is -2.34. The van der Waals surface area contributed by atoms with Gasteiger partial charge in [0.15, 0.2) is 0 Å². The average Bonchev–Trinajstić information content (AvgIpc) is 2.32. The number of likely N-dealkylation sites (N-methyl/N-ethyl adjacent to an activating group) is 1. The monoisotopic (exact) mass is 311 g/mol. The predicted octanol–water partition coefficient (Wildman–Crippen LogP) is 3.48. The number of carbonyl (C=O) groups excluding carboxylic acids is 1. The summed E-state index contributed by atoms with van der Waals surface area (Å²) in [5, 5.41) is 0.773. The van der Waals surface area contributed by atoms with E-state index < -0.39 is 0 Å². The van der Waals surface area contributed by atoms with E-state index in [-0.39, 0.29) is 11.4 Å². The van der Waals surface area contributed by atoms with E-state index in [1.165, 1.54) is 11.1 Å². The van der Waals surface area contributed by atoms with Gasteiger partial charge < -0.3 is 4.90 Å². The highest BCUT2D eigenvalue weighted by Gasteiger charge is 2.26. The van der Waals surface area contributed by atoms with Crippen molar-refractivity contribution >= 4 is 21.8 Å². The van der Waals surface area contributed by atoms with E-state index in [4.69, 9.17) is 0 Å². The van der Waals surface area contributed by atoms with Gasteiger partial charge in [-0.25, -0.2) is 0 Å². The number of amides is 1. The molecule has 0 bridgehead atoms. The molecule has 1 amide bonds. The lowest BCUT2D eigenvalue weighted by Crippen LogP contribution is -2.46. The van der Waals surface area contributed by atoms with Crippen LogP contribution in [0.5, 0.6) is 0 Å². The predicted molar refractivity (Wildman–Crippen MR) is 80.3 cm³/mol. The number of nitrogens with zero attached hydrogens (tertiary/aromatic N) is 1. The Balaban J connectivity index is 2.78. The van der Waals surface area contributed by atoms with Crippen molar-refractivity contribution in [2.75, 3.05) is 12.4 Å². The van der Waals surface area contributed by atoms with Crippen molar-refractivity contribution in [2.45, 2.75) is 39.7 Å². The van der Waals surface area contributed by atoms with E-state index in [0.717, 1.165) is 10.9 Å². The van der Waals surface area contributed by atoms with Crippen LogP contribution in [0.1, 0.15) is 30.5 Å². The molecule has 18 heavy (non-hydrogen) atoms. The molecule has 0 saturated carbocycles. The molecule has 0 aliphatic carbocycles. The third kappa shape index (κ3) is 3.58. The average molecular weight is 312 g/mol. The molecule has 1 rings (SSSR count). The smallest absolute Gasteiger partial charge is 0.227 e. The van der Waals surface area contributed by atoms with Crippen LogP contribution in [0.25, 0.3) is 0 Å². The Bertz CT molecular complexity index is 440. The molecule has 0 saturated heterocycles. The number of carbonyl (C=O) groups is 1. The molecular formula is C15H22BrNO. The van der Waals surface area contributed by atoms with Gasteiger partial charge >= 0.3 is 0 Å². The van der Waals surface area contributed by atoms with Crippen molar-refractivity contribution in [3.05, 3.63) is 34.9 Å². The molecule has 0 aliphatic rings. The van der Waals surface area contributed by atoms with Crippen LogP contribution in [-0.4, -0.2) is 28.7 Å². The summed E-state index contributed by atoms with van der Waals surface area (Å²) < 4.78 is 0. The Morgan fingerprint density at radius 3 is 2.39 bits per heavy atom. The molecule has 1 aromatic carbocycles. The topological polar surface area (TPSA) is 20.3 Å². The van der Waals surface area contributed by atoms with Gasteiger partial charge in [-0.05, 0) is 44.4 Å². The number of benzene rings is 1. The highest BCUT2D eigenvalue weighted by atomic mass is 79.9. The molecule has 0 fully saturated rings. The standard InChI is InChI=1S/C15H22BrNO/c1-11-6-7-13(8-12(11)2)9-14(18)17(5)15(3,4)10-16/h6-8H,9-10H2,1-5H3. The van der Waals surface area contributed by atoms with Gasteiger partial charge in [-0.2, -0.15) is 0 Å². The summed E-state index contributed by atoms with van der Waals surface area (Å²) in [6.45, 7) is 8.27. The van der Waals surface area contributed by atoms with Gasteiger partial charge in [0.25, 0.3) is 0 Å². The van der Waals surface area contributed by atoms with Gasteiger partial charge in [0.05, 0.1) is 6.42 Å². The molecule has 100 valence electrons. The molecule has 0 aromatic heterocycles. The van der Waals surface area contributed by atoms with Crippen molar-refractivity contribution in [1.29, 1.82) is 0 Å². The van der Waals surface area contributed by atoms with Crippen LogP contribution in [0.4, 0.5) is 0 Å². The molecule has 0 unspecified atom stereocenters. The highest BCUT2D eigenvalue weighted by Crippen LogP contribution is 2.17. The van der Waals surface area contributed by atoms with Crippen LogP contribution < -0.4 is 0 Å². The molecular weight excluding hydrogens is 290 g/mol. The van der Waals surface area contributed by atoms with Crippen LogP contribution in [0.15, 0.2) is 18.2 Å². The summed E-state index contributed by atoms with van der Waals surface area (Å²) in [5.41, 5.74) is 3.43. The fourth-order valence-corrected chi connectivity index (χ4v) is 2.01. The number of alkyl halides is 1. The Morgan fingerprint density at radius 1 is 1.28 bits per heavy atom. The van der Waals surface area contributed by atoms with Gasteiger partial charge in [-0.1, -0.05) is 34.1 Å². The molecule has 0 aliphatic heterocycles. The Morgan fingerprint density at radius 2 is 1.89 bits per heavy atom. The van der Waals surface area contributed by atoms with Gasteiger partial charge in [-0.15, -0.1) is 0 Å². The summed E-state index contributed by atoms with van der Waals surface area (Å²) in [5.74, 6) is 0.155. The molecule has 0 N–H and O–H groups in total. The zero-order chi connectivity index (χ0) is 13.9. The summed E-state index contributed by atoms with van der Waals surface area (Å²) in [6.07, 6.45) is 0.466. The molecule has 3 heteroatoms. The zero-order valence-corrected chi connectivity index (χ0v) is 13.5. The first-order chi connectivity index (χ1) is 8.27. The summed E-state index contributed by atoms with van der Waals surface area (Å²) in [6, 6.07) is 6.21. The lowest BCUT2D eigenvalue weighted by atomic mass is 10.0. The normalized spacial score (nSPS) is 11.4. The fourth-order valence-electron chi connectivity index (χ4n) is 1.63. The van der Waals surface area contributed by atoms with Crippen molar-refractivity contribution in [3.63, 3.8) is 0 Å². The third-order valence-corrected chi connectivity index (χ3v) is 4.91. The maximum Gasteiger partial charge on any atom is 0.227 e. The molecule has 2 nitrogen and oxygen atoms in total. The quantitative estimate of drug-likeness (QED) is 0.780. The van der Waals surface area contributed by atoms with Crippen molar-refractivity contribution in [3.8, 4) is 0 Å². The molecule has 0 spiro atoms. The first kappa shape index (κ1) is 15.2. The molecule has 1 aromatic rings. The second kappa shape index (κ2) is 5.87. The minimum Gasteiger partial charge on any atom is -0.340 e. The Labute approximate surface area is 119 Å². The van der Waals surface area contributed by atoms with Gasteiger partial charge in [0.2, 0.25) is 5.91 Å².